The Morgan fingerprint density at radius 3 is 2.74 bits per heavy atom. The first-order valence-electron chi connectivity index (χ1n) is 10.6. The monoisotopic (exact) mass is 426 g/mol. The molecule has 1 aliphatic heterocycles. The number of rotatable bonds is 6. The molecule has 1 saturated carbocycles. The van der Waals surface area contributed by atoms with Gasteiger partial charge >= 0.3 is 0 Å². The maximum absolute atomic E-state index is 13.6. The van der Waals surface area contributed by atoms with Crippen LogP contribution in [-0.2, 0) is 4.79 Å². The minimum absolute atomic E-state index is 0.0301. The quantitative estimate of drug-likeness (QED) is 0.564. The fraction of sp³-hybridized carbons (Fsp3) is 0.409. The number of carbonyl (C=O) groups excluding carboxylic acids is 1. The Hall–Kier alpha value is -3.23. The summed E-state index contributed by atoms with van der Waals surface area (Å²) in [5.41, 5.74) is 1.07. The number of carbonyl (C=O) groups is 1. The summed E-state index contributed by atoms with van der Waals surface area (Å²) in [5.74, 6) is -0.430. The van der Waals surface area contributed by atoms with Crippen molar-refractivity contribution in [1.82, 2.24) is 20.3 Å². The molecule has 2 atom stereocenters. The number of amides is 1. The third-order valence-electron chi connectivity index (χ3n) is 5.96. The molecule has 5 rings (SSSR count). The van der Waals surface area contributed by atoms with Gasteiger partial charge in [0.2, 0.25) is 5.91 Å². The summed E-state index contributed by atoms with van der Waals surface area (Å²) in [5, 5.41) is 7.15. The lowest BCUT2D eigenvalue weighted by Crippen LogP contribution is -2.52. The SMILES string of the molecule is O=C(NC1CCCN(c2ncnc3[nH]ccc23)C1)[C@H](Nc1cc(F)cc(F)c1)C1CC1. The minimum Gasteiger partial charge on any atom is -0.373 e. The maximum Gasteiger partial charge on any atom is 0.243 e. The van der Waals surface area contributed by atoms with E-state index in [-0.39, 0.29) is 23.6 Å². The molecule has 31 heavy (non-hydrogen) atoms. The molecule has 1 saturated heterocycles. The number of anilines is 2. The van der Waals surface area contributed by atoms with Crippen molar-refractivity contribution in [2.45, 2.75) is 37.8 Å². The Bertz CT molecular complexity index is 1080. The Morgan fingerprint density at radius 2 is 1.97 bits per heavy atom. The van der Waals surface area contributed by atoms with Gasteiger partial charge in [-0.25, -0.2) is 18.7 Å². The molecule has 2 aliphatic rings. The number of fused-ring (bicyclic) bond motifs is 1. The van der Waals surface area contributed by atoms with E-state index in [1.54, 1.807) is 6.33 Å². The van der Waals surface area contributed by atoms with E-state index in [1.165, 1.54) is 12.1 Å². The zero-order valence-electron chi connectivity index (χ0n) is 16.9. The molecule has 1 aliphatic carbocycles. The van der Waals surface area contributed by atoms with E-state index < -0.39 is 17.7 Å². The van der Waals surface area contributed by atoms with Gasteiger partial charge in [0.25, 0.3) is 0 Å². The van der Waals surface area contributed by atoms with Crippen LogP contribution in [0.5, 0.6) is 0 Å². The van der Waals surface area contributed by atoms with Crippen LogP contribution in [0.15, 0.2) is 36.8 Å². The first-order valence-corrected chi connectivity index (χ1v) is 10.6. The van der Waals surface area contributed by atoms with Crippen LogP contribution in [0.1, 0.15) is 25.7 Å². The van der Waals surface area contributed by atoms with Crippen LogP contribution in [0.4, 0.5) is 20.3 Å². The molecule has 0 radical (unpaired) electrons. The average molecular weight is 426 g/mol. The molecule has 7 nitrogen and oxygen atoms in total. The average Bonchev–Trinajstić information content (AvgIpc) is 3.46. The van der Waals surface area contributed by atoms with Crippen molar-refractivity contribution in [3.63, 3.8) is 0 Å². The van der Waals surface area contributed by atoms with E-state index in [4.69, 9.17) is 0 Å². The predicted octanol–water partition coefficient (Wildman–Crippen LogP) is 3.21. The third-order valence-corrected chi connectivity index (χ3v) is 5.96. The van der Waals surface area contributed by atoms with Gasteiger partial charge in [0.1, 0.15) is 35.5 Å². The Balaban J connectivity index is 1.28. The number of piperidine rings is 1. The molecule has 3 aromatic rings. The molecule has 2 fully saturated rings. The second-order valence-electron chi connectivity index (χ2n) is 8.35. The lowest BCUT2D eigenvalue weighted by molar-refractivity contribution is -0.123. The van der Waals surface area contributed by atoms with Crippen LogP contribution < -0.4 is 15.5 Å². The number of aromatic nitrogens is 3. The highest BCUT2D eigenvalue weighted by Crippen LogP contribution is 2.35. The molecule has 0 spiro atoms. The molecule has 2 aromatic heterocycles. The van der Waals surface area contributed by atoms with Gasteiger partial charge in [-0.2, -0.15) is 0 Å². The van der Waals surface area contributed by atoms with Crippen molar-refractivity contribution in [3.05, 3.63) is 48.4 Å². The van der Waals surface area contributed by atoms with Gasteiger partial charge in [-0.3, -0.25) is 4.79 Å². The summed E-state index contributed by atoms with van der Waals surface area (Å²) in [4.78, 5) is 27.0. The van der Waals surface area contributed by atoms with E-state index in [0.29, 0.717) is 6.54 Å². The molecule has 1 aromatic carbocycles. The summed E-state index contributed by atoms with van der Waals surface area (Å²) in [7, 11) is 0. The van der Waals surface area contributed by atoms with Gasteiger partial charge in [-0.05, 0) is 49.8 Å². The van der Waals surface area contributed by atoms with Crippen LogP contribution in [0.3, 0.4) is 0 Å². The second-order valence-corrected chi connectivity index (χ2v) is 8.35. The van der Waals surface area contributed by atoms with Gasteiger partial charge in [0.15, 0.2) is 0 Å². The highest BCUT2D eigenvalue weighted by Gasteiger charge is 2.37. The van der Waals surface area contributed by atoms with Crippen LogP contribution in [0.25, 0.3) is 11.0 Å². The van der Waals surface area contributed by atoms with E-state index in [9.17, 15) is 13.6 Å². The van der Waals surface area contributed by atoms with Crippen LogP contribution in [-0.4, -0.2) is 46.0 Å². The highest BCUT2D eigenvalue weighted by atomic mass is 19.1. The fourth-order valence-corrected chi connectivity index (χ4v) is 4.33. The fourth-order valence-electron chi connectivity index (χ4n) is 4.33. The van der Waals surface area contributed by atoms with Crippen molar-refractivity contribution in [2.24, 2.45) is 5.92 Å². The second kappa shape index (κ2) is 8.13. The summed E-state index contributed by atoms with van der Waals surface area (Å²) < 4.78 is 27.1. The van der Waals surface area contributed by atoms with Gasteiger partial charge in [0.05, 0.1) is 5.39 Å². The smallest absolute Gasteiger partial charge is 0.243 e. The Kier molecular flexibility index (Phi) is 5.17. The van der Waals surface area contributed by atoms with E-state index in [0.717, 1.165) is 55.1 Å². The number of nitrogens with zero attached hydrogens (tertiary/aromatic N) is 3. The molecule has 9 heteroatoms. The minimum atomic E-state index is -0.665. The number of nitrogens with one attached hydrogen (secondary N) is 3. The van der Waals surface area contributed by atoms with E-state index in [1.807, 2.05) is 12.3 Å². The summed E-state index contributed by atoms with van der Waals surface area (Å²) in [6.45, 7) is 1.51. The molecule has 162 valence electrons. The van der Waals surface area contributed by atoms with Gasteiger partial charge < -0.3 is 20.5 Å². The number of aromatic amines is 1. The largest absolute Gasteiger partial charge is 0.373 e. The lowest BCUT2D eigenvalue weighted by Gasteiger charge is -2.35. The van der Waals surface area contributed by atoms with Gasteiger partial charge in [0, 0.05) is 37.1 Å². The van der Waals surface area contributed by atoms with Crippen LogP contribution in [0, 0.1) is 17.6 Å². The van der Waals surface area contributed by atoms with Gasteiger partial charge in [-0.15, -0.1) is 0 Å². The highest BCUT2D eigenvalue weighted by molar-refractivity contribution is 5.88. The summed E-state index contributed by atoms with van der Waals surface area (Å²) >= 11 is 0. The maximum atomic E-state index is 13.6. The number of hydrogen-bond donors (Lipinski definition) is 3. The third kappa shape index (κ3) is 4.30. The standard InChI is InChI=1S/C22H24F2N6O/c23-14-8-15(24)10-17(9-14)28-19(13-3-4-13)22(31)29-16-2-1-7-30(11-16)21-18-5-6-25-20(18)26-12-27-21/h5-6,8-10,12-13,16,19,28H,1-4,7,11H2,(H,29,31)(H,25,26,27)/t16?,19-/m1/s1. The molecule has 3 heterocycles. The molecule has 1 amide bonds. The number of H-pyrrole nitrogens is 1. The molecule has 0 bridgehead atoms. The van der Waals surface area contributed by atoms with Crippen molar-refractivity contribution in [1.29, 1.82) is 0 Å². The van der Waals surface area contributed by atoms with Crippen LogP contribution in [0.2, 0.25) is 0 Å². The van der Waals surface area contributed by atoms with Crippen molar-refractivity contribution >= 4 is 28.4 Å². The zero-order chi connectivity index (χ0) is 21.4. The number of halogens is 2. The predicted molar refractivity (Wildman–Crippen MR) is 114 cm³/mol. The molecular weight excluding hydrogens is 402 g/mol. The first kappa shape index (κ1) is 19.7. The molecule has 3 N–H and O–H groups in total. The summed E-state index contributed by atoms with van der Waals surface area (Å²) in [6.07, 6.45) is 7.03. The zero-order valence-corrected chi connectivity index (χ0v) is 16.9. The lowest BCUT2D eigenvalue weighted by atomic mass is 10.0. The van der Waals surface area contributed by atoms with E-state index >= 15 is 0 Å². The topological polar surface area (TPSA) is 85.9 Å². The normalized spacial score (nSPS) is 19.9. The number of benzene rings is 1. The summed E-state index contributed by atoms with van der Waals surface area (Å²) in [6, 6.07) is 4.67. The van der Waals surface area contributed by atoms with Crippen molar-refractivity contribution < 1.29 is 13.6 Å². The molecular formula is C22H24F2N6O. The van der Waals surface area contributed by atoms with Crippen molar-refractivity contribution in [3.8, 4) is 0 Å². The number of hydrogen-bond acceptors (Lipinski definition) is 5. The molecule has 1 unspecified atom stereocenters. The van der Waals surface area contributed by atoms with E-state index in [2.05, 4.69) is 30.5 Å². The Labute approximate surface area is 178 Å². The van der Waals surface area contributed by atoms with Crippen LogP contribution >= 0.6 is 0 Å². The van der Waals surface area contributed by atoms with Gasteiger partial charge in [-0.1, -0.05) is 0 Å². The first-order chi connectivity index (χ1) is 15.1. The van der Waals surface area contributed by atoms with Crippen molar-refractivity contribution in [2.75, 3.05) is 23.3 Å². The Morgan fingerprint density at radius 1 is 1.16 bits per heavy atom.